The van der Waals surface area contributed by atoms with E-state index in [0.29, 0.717) is 19.1 Å². The Balaban J connectivity index is 3.54. The van der Waals surface area contributed by atoms with Gasteiger partial charge in [-0.15, -0.1) is 0 Å². The molecule has 0 aliphatic heterocycles. The fraction of sp³-hybridized carbons (Fsp3) is 0.923. The summed E-state index contributed by atoms with van der Waals surface area (Å²) >= 11 is 0. The number of hydrogen-bond acceptors (Lipinski definition) is 3. The second kappa shape index (κ2) is 10.9. The molecule has 0 rings (SSSR count). The number of esters is 1. The largest absolute Gasteiger partial charge is 0.464 e. The highest BCUT2D eigenvalue weighted by atomic mass is 16.6. The van der Waals surface area contributed by atoms with E-state index in [2.05, 4.69) is 13.8 Å². The van der Waals surface area contributed by atoms with E-state index >= 15 is 0 Å². The highest BCUT2D eigenvalue weighted by Gasteiger charge is 2.09. The molecule has 0 aromatic heterocycles. The van der Waals surface area contributed by atoms with Gasteiger partial charge in [0.2, 0.25) is 0 Å². The van der Waals surface area contributed by atoms with Crippen LogP contribution in [0.5, 0.6) is 0 Å². The van der Waals surface area contributed by atoms with Crippen molar-refractivity contribution in [2.24, 2.45) is 5.92 Å². The lowest BCUT2D eigenvalue weighted by Crippen LogP contribution is -2.18. The van der Waals surface area contributed by atoms with Gasteiger partial charge in [-0.2, -0.15) is 0 Å². The molecule has 1 unspecified atom stereocenters. The minimum Gasteiger partial charge on any atom is -0.464 e. The minimum atomic E-state index is -0.233. The predicted octanol–water partition coefficient (Wildman–Crippen LogP) is 3.17. The Kier molecular flexibility index (Phi) is 10.5. The van der Waals surface area contributed by atoms with E-state index in [0.717, 1.165) is 19.3 Å². The van der Waals surface area contributed by atoms with Gasteiger partial charge in [-0.3, -0.25) is 0 Å². The molecule has 0 fully saturated rings. The van der Waals surface area contributed by atoms with Gasteiger partial charge in [0, 0.05) is 6.61 Å². The topological polar surface area (TPSA) is 35.5 Å². The molecule has 0 aromatic rings. The Morgan fingerprint density at radius 3 is 2.50 bits per heavy atom. The van der Waals surface area contributed by atoms with Gasteiger partial charge in [-0.25, -0.2) is 4.79 Å². The van der Waals surface area contributed by atoms with Crippen LogP contribution in [0.2, 0.25) is 0 Å². The van der Waals surface area contributed by atoms with Crippen LogP contribution in [0.15, 0.2) is 0 Å². The number of rotatable bonds is 10. The number of hydrogen-bond donors (Lipinski definition) is 0. The average molecular weight is 230 g/mol. The van der Waals surface area contributed by atoms with Crippen LogP contribution in [-0.4, -0.2) is 25.8 Å². The van der Waals surface area contributed by atoms with Crippen molar-refractivity contribution in [2.45, 2.75) is 52.9 Å². The third-order valence-corrected chi connectivity index (χ3v) is 2.59. The normalized spacial score (nSPS) is 12.4. The van der Waals surface area contributed by atoms with Crippen molar-refractivity contribution in [3.8, 4) is 0 Å². The molecule has 0 aromatic carbocycles. The number of carbonyl (C=O) groups excluding carboxylic acids is 1. The summed E-state index contributed by atoms with van der Waals surface area (Å²) in [6, 6.07) is 0. The fourth-order valence-corrected chi connectivity index (χ4v) is 1.45. The minimum absolute atomic E-state index is 0.0953. The lowest BCUT2D eigenvalue weighted by atomic mass is 10.0. The summed E-state index contributed by atoms with van der Waals surface area (Å²) in [5.41, 5.74) is 0. The van der Waals surface area contributed by atoms with Crippen LogP contribution < -0.4 is 0 Å². The van der Waals surface area contributed by atoms with E-state index in [-0.39, 0.29) is 12.6 Å². The Morgan fingerprint density at radius 2 is 1.94 bits per heavy atom. The molecule has 96 valence electrons. The number of unbranched alkanes of at least 4 members (excludes halogenated alkanes) is 1. The van der Waals surface area contributed by atoms with Gasteiger partial charge in [0.15, 0.2) is 0 Å². The molecular weight excluding hydrogens is 204 g/mol. The zero-order chi connectivity index (χ0) is 12.2. The molecule has 1 atom stereocenters. The zero-order valence-corrected chi connectivity index (χ0v) is 11.0. The lowest BCUT2D eigenvalue weighted by molar-refractivity contribution is -0.150. The average Bonchev–Trinajstić information content (AvgIpc) is 2.30. The Morgan fingerprint density at radius 1 is 1.19 bits per heavy atom. The van der Waals surface area contributed by atoms with Crippen LogP contribution >= 0.6 is 0 Å². The Labute approximate surface area is 99.5 Å². The fourth-order valence-electron chi connectivity index (χ4n) is 1.45. The van der Waals surface area contributed by atoms with E-state index < -0.39 is 0 Å². The SMILES string of the molecule is CCCCC(CC)COC(=O)COCCC. The maximum atomic E-state index is 11.3. The first-order chi connectivity index (χ1) is 7.74. The maximum absolute atomic E-state index is 11.3. The van der Waals surface area contributed by atoms with E-state index in [1.165, 1.54) is 12.8 Å². The van der Waals surface area contributed by atoms with E-state index in [1.54, 1.807) is 0 Å². The van der Waals surface area contributed by atoms with Crippen molar-refractivity contribution >= 4 is 5.97 Å². The van der Waals surface area contributed by atoms with Crippen molar-refractivity contribution < 1.29 is 14.3 Å². The predicted molar refractivity (Wildman–Crippen MR) is 65.4 cm³/mol. The third-order valence-electron chi connectivity index (χ3n) is 2.59. The standard InChI is InChI=1S/C13H26O3/c1-4-7-8-12(6-3)10-16-13(14)11-15-9-5-2/h12H,4-11H2,1-3H3. The molecule has 0 aliphatic rings. The molecular formula is C13H26O3. The molecule has 0 aliphatic carbocycles. The first-order valence-electron chi connectivity index (χ1n) is 6.47. The van der Waals surface area contributed by atoms with Gasteiger partial charge < -0.3 is 9.47 Å². The van der Waals surface area contributed by atoms with E-state index in [4.69, 9.17) is 9.47 Å². The first kappa shape index (κ1) is 15.4. The van der Waals surface area contributed by atoms with E-state index in [9.17, 15) is 4.79 Å². The van der Waals surface area contributed by atoms with Crippen molar-refractivity contribution in [3.63, 3.8) is 0 Å². The molecule has 0 bridgehead atoms. The lowest BCUT2D eigenvalue weighted by Gasteiger charge is -2.14. The smallest absolute Gasteiger partial charge is 0.332 e. The molecule has 0 saturated heterocycles. The molecule has 0 radical (unpaired) electrons. The van der Waals surface area contributed by atoms with Crippen molar-refractivity contribution in [1.82, 2.24) is 0 Å². The van der Waals surface area contributed by atoms with Crippen LogP contribution in [0, 0.1) is 5.92 Å². The molecule has 0 amide bonds. The summed E-state index contributed by atoms with van der Waals surface area (Å²) in [5.74, 6) is 0.276. The van der Waals surface area contributed by atoms with Gasteiger partial charge in [-0.05, 0) is 18.8 Å². The summed E-state index contributed by atoms with van der Waals surface area (Å²) in [7, 11) is 0. The molecule has 16 heavy (non-hydrogen) atoms. The maximum Gasteiger partial charge on any atom is 0.332 e. The highest BCUT2D eigenvalue weighted by molar-refractivity contribution is 5.70. The van der Waals surface area contributed by atoms with Crippen LogP contribution in [0.4, 0.5) is 0 Å². The molecule has 0 spiro atoms. The monoisotopic (exact) mass is 230 g/mol. The van der Waals surface area contributed by atoms with Crippen LogP contribution in [0.3, 0.4) is 0 Å². The van der Waals surface area contributed by atoms with Crippen molar-refractivity contribution in [2.75, 3.05) is 19.8 Å². The van der Waals surface area contributed by atoms with E-state index in [1.807, 2.05) is 6.92 Å². The Hall–Kier alpha value is -0.570. The molecule has 0 heterocycles. The van der Waals surface area contributed by atoms with Gasteiger partial charge >= 0.3 is 5.97 Å². The quantitative estimate of drug-likeness (QED) is 0.427. The van der Waals surface area contributed by atoms with Crippen LogP contribution in [-0.2, 0) is 14.3 Å². The summed E-state index contributed by atoms with van der Waals surface area (Å²) in [6.07, 6.45) is 5.56. The number of ether oxygens (including phenoxy) is 2. The van der Waals surface area contributed by atoms with Gasteiger partial charge in [-0.1, -0.05) is 40.0 Å². The van der Waals surface area contributed by atoms with Gasteiger partial charge in [0.05, 0.1) is 6.61 Å². The summed E-state index contributed by atoms with van der Waals surface area (Å²) < 4.78 is 10.3. The first-order valence-corrected chi connectivity index (χ1v) is 6.47. The van der Waals surface area contributed by atoms with Gasteiger partial charge in [0.1, 0.15) is 6.61 Å². The van der Waals surface area contributed by atoms with Crippen molar-refractivity contribution in [3.05, 3.63) is 0 Å². The molecule has 3 nitrogen and oxygen atoms in total. The second-order valence-corrected chi connectivity index (χ2v) is 4.15. The van der Waals surface area contributed by atoms with Gasteiger partial charge in [0.25, 0.3) is 0 Å². The number of carbonyl (C=O) groups is 1. The molecule has 0 N–H and O–H groups in total. The Bertz CT molecular complexity index is 169. The zero-order valence-electron chi connectivity index (χ0n) is 11.0. The second-order valence-electron chi connectivity index (χ2n) is 4.15. The summed E-state index contributed by atoms with van der Waals surface area (Å²) in [6.45, 7) is 7.60. The van der Waals surface area contributed by atoms with Crippen LogP contribution in [0.25, 0.3) is 0 Å². The summed E-state index contributed by atoms with van der Waals surface area (Å²) in [4.78, 5) is 11.3. The summed E-state index contributed by atoms with van der Waals surface area (Å²) in [5, 5.41) is 0. The third kappa shape index (κ3) is 8.72. The van der Waals surface area contributed by atoms with Crippen LogP contribution in [0.1, 0.15) is 52.9 Å². The highest BCUT2D eigenvalue weighted by Crippen LogP contribution is 2.12. The molecule has 3 heteroatoms. The molecule has 0 saturated carbocycles. The van der Waals surface area contributed by atoms with Crippen molar-refractivity contribution in [1.29, 1.82) is 0 Å².